The lowest BCUT2D eigenvalue weighted by Gasteiger charge is -2.13. The SMILES string of the molecule is CCc1cccc(CNCC(O)CNC(=O)c2ccc(SCOC)cc2)c1. The van der Waals surface area contributed by atoms with Gasteiger partial charge < -0.3 is 20.5 Å². The molecule has 2 aromatic carbocycles. The Labute approximate surface area is 165 Å². The Morgan fingerprint density at radius 2 is 1.89 bits per heavy atom. The molecular weight excluding hydrogens is 360 g/mol. The minimum absolute atomic E-state index is 0.187. The van der Waals surface area contributed by atoms with Gasteiger partial charge in [-0.25, -0.2) is 0 Å². The molecule has 0 radical (unpaired) electrons. The van der Waals surface area contributed by atoms with Gasteiger partial charge in [-0.05, 0) is 41.8 Å². The van der Waals surface area contributed by atoms with Gasteiger partial charge in [-0.3, -0.25) is 4.79 Å². The van der Waals surface area contributed by atoms with E-state index in [1.165, 1.54) is 11.1 Å². The lowest BCUT2D eigenvalue weighted by atomic mass is 10.1. The molecule has 27 heavy (non-hydrogen) atoms. The molecule has 2 aromatic rings. The van der Waals surface area contributed by atoms with Gasteiger partial charge in [0, 0.05) is 37.2 Å². The minimum Gasteiger partial charge on any atom is -0.390 e. The highest BCUT2D eigenvalue weighted by Gasteiger charge is 2.09. The molecule has 6 heteroatoms. The van der Waals surface area contributed by atoms with Gasteiger partial charge in [-0.2, -0.15) is 0 Å². The molecule has 0 aromatic heterocycles. The van der Waals surface area contributed by atoms with Crippen molar-refractivity contribution in [2.75, 3.05) is 26.1 Å². The van der Waals surface area contributed by atoms with Crippen molar-refractivity contribution in [3.8, 4) is 0 Å². The third-order valence-electron chi connectivity index (χ3n) is 4.07. The molecule has 0 aliphatic carbocycles. The second-order valence-electron chi connectivity index (χ2n) is 6.24. The molecule has 0 aliphatic heterocycles. The fourth-order valence-corrected chi connectivity index (χ4v) is 3.14. The van der Waals surface area contributed by atoms with Crippen molar-refractivity contribution >= 4 is 17.7 Å². The van der Waals surface area contributed by atoms with Crippen molar-refractivity contribution in [2.45, 2.75) is 30.9 Å². The molecule has 1 amide bonds. The number of hydrogen-bond donors (Lipinski definition) is 3. The van der Waals surface area contributed by atoms with Crippen molar-refractivity contribution < 1.29 is 14.6 Å². The largest absolute Gasteiger partial charge is 0.390 e. The van der Waals surface area contributed by atoms with E-state index in [-0.39, 0.29) is 12.5 Å². The monoisotopic (exact) mass is 388 g/mol. The zero-order valence-electron chi connectivity index (χ0n) is 15.9. The van der Waals surface area contributed by atoms with Gasteiger partial charge in [-0.1, -0.05) is 43.0 Å². The summed E-state index contributed by atoms with van der Waals surface area (Å²) < 4.78 is 5.01. The number of aliphatic hydroxyl groups excluding tert-OH is 1. The molecule has 1 unspecified atom stereocenters. The van der Waals surface area contributed by atoms with Gasteiger partial charge in [0.25, 0.3) is 5.91 Å². The molecular formula is C21H28N2O3S. The van der Waals surface area contributed by atoms with Gasteiger partial charge in [0.2, 0.25) is 0 Å². The van der Waals surface area contributed by atoms with Crippen LogP contribution in [0.25, 0.3) is 0 Å². The van der Waals surface area contributed by atoms with E-state index in [1.54, 1.807) is 31.0 Å². The van der Waals surface area contributed by atoms with Crippen LogP contribution in [-0.2, 0) is 17.7 Å². The zero-order chi connectivity index (χ0) is 19.5. The maximum Gasteiger partial charge on any atom is 0.251 e. The molecule has 0 spiro atoms. The number of hydrogen-bond acceptors (Lipinski definition) is 5. The second-order valence-corrected chi connectivity index (χ2v) is 7.24. The third-order valence-corrected chi connectivity index (χ3v) is 5.03. The van der Waals surface area contributed by atoms with Gasteiger partial charge in [0.15, 0.2) is 0 Å². The fourth-order valence-electron chi connectivity index (χ4n) is 2.56. The van der Waals surface area contributed by atoms with E-state index in [4.69, 9.17) is 4.74 Å². The lowest BCUT2D eigenvalue weighted by molar-refractivity contribution is 0.0915. The van der Waals surface area contributed by atoms with Crippen LogP contribution in [0.15, 0.2) is 53.4 Å². The first-order valence-electron chi connectivity index (χ1n) is 9.09. The summed E-state index contributed by atoms with van der Waals surface area (Å²) in [4.78, 5) is 13.2. The number of carbonyl (C=O) groups excluding carboxylic acids is 1. The van der Waals surface area contributed by atoms with Crippen molar-refractivity contribution in [3.05, 3.63) is 65.2 Å². The van der Waals surface area contributed by atoms with E-state index < -0.39 is 6.10 Å². The van der Waals surface area contributed by atoms with Crippen LogP contribution in [0.4, 0.5) is 0 Å². The molecule has 3 N–H and O–H groups in total. The second kappa shape index (κ2) is 11.8. The first kappa shape index (κ1) is 21.4. The predicted octanol–water partition coefficient (Wildman–Crippen LogP) is 2.83. The summed E-state index contributed by atoms with van der Waals surface area (Å²) in [6.45, 7) is 3.45. The fraction of sp³-hybridized carbons (Fsp3) is 0.381. The molecule has 0 saturated heterocycles. The molecule has 0 bridgehead atoms. The number of thioether (sulfide) groups is 1. The summed E-state index contributed by atoms with van der Waals surface area (Å²) in [7, 11) is 1.65. The van der Waals surface area contributed by atoms with Crippen LogP contribution < -0.4 is 10.6 Å². The van der Waals surface area contributed by atoms with Crippen LogP contribution >= 0.6 is 11.8 Å². The number of methoxy groups -OCH3 is 1. The molecule has 146 valence electrons. The van der Waals surface area contributed by atoms with Crippen molar-refractivity contribution in [3.63, 3.8) is 0 Å². The van der Waals surface area contributed by atoms with Crippen LogP contribution in [0.1, 0.15) is 28.4 Å². The number of aryl methyl sites for hydroxylation is 1. The van der Waals surface area contributed by atoms with Gasteiger partial charge >= 0.3 is 0 Å². The highest BCUT2D eigenvalue weighted by Crippen LogP contribution is 2.18. The maximum absolute atomic E-state index is 12.2. The number of aliphatic hydroxyl groups is 1. The summed E-state index contributed by atoms with van der Waals surface area (Å²) in [5.41, 5.74) is 3.07. The Bertz CT molecular complexity index is 707. The van der Waals surface area contributed by atoms with E-state index in [0.29, 0.717) is 24.6 Å². The van der Waals surface area contributed by atoms with Crippen molar-refractivity contribution in [1.82, 2.24) is 10.6 Å². The summed E-state index contributed by atoms with van der Waals surface area (Å²) in [6, 6.07) is 15.7. The van der Waals surface area contributed by atoms with Crippen LogP contribution in [0.2, 0.25) is 0 Å². The van der Waals surface area contributed by atoms with Crippen LogP contribution in [-0.4, -0.2) is 43.3 Å². The normalized spacial score (nSPS) is 12.0. The molecule has 5 nitrogen and oxygen atoms in total. The zero-order valence-corrected chi connectivity index (χ0v) is 16.7. The topological polar surface area (TPSA) is 70.6 Å². The first-order valence-corrected chi connectivity index (χ1v) is 10.1. The highest BCUT2D eigenvalue weighted by molar-refractivity contribution is 7.99. The minimum atomic E-state index is -0.639. The predicted molar refractivity (Wildman–Crippen MR) is 110 cm³/mol. The standard InChI is InChI=1S/C21H28N2O3S/c1-3-16-5-4-6-17(11-16)12-22-13-19(24)14-23-21(25)18-7-9-20(10-8-18)27-15-26-2/h4-11,19,22,24H,3,12-15H2,1-2H3,(H,23,25). The molecule has 0 heterocycles. The van der Waals surface area contributed by atoms with Crippen LogP contribution in [0, 0.1) is 0 Å². The third kappa shape index (κ3) is 7.72. The molecule has 0 fully saturated rings. The number of benzene rings is 2. The van der Waals surface area contributed by atoms with E-state index in [0.717, 1.165) is 11.3 Å². The van der Waals surface area contributed by atoms with E-state index in [1.807, 2.05) is 18.2 Å². The van der Waals surface area contributed by atoms with Crippen LogP contribution in [0.3, 0.4) is 0 Å². The smallest absolute Gasteiger partial charge is 0.251 e. The molecule has 1 atom stereocenters. The van der Waals surface area contributed by atoms with E-state index >= 15 is 0 Å². The maximum atomic E-state index is 12.2. The molecule has 2 rings (SSSR count). The summed E-state index contributed by atoms with van der Waals surface area (Å²) >= 11 is 1.57. The summed E-state index contributed by atoms with van der Waals surface area (Å²) in [5.74, 6) is 0.390. The molecule has 0 saturated carbocycles. The van der Waals surface area contributed by atoms with Gasteiger partial charge in [0.05, 0.1) is 12.0 Å². The average molecular weight is 389 g/mol. The van der Waals surface area contributed by atoms with Gasteiger partial charge in [0.1, 0.15) is 0 Å². The Morgan fingerprint density at radius 3 is 2.59 bits per heavy atom. The van der Waals surface area contributed by atoms with E-state index in [9.17, 15) is 9.90 Å². The number of nitrogens with one attached hydrogen (secondary N) is 2. The Hall–Kier alpha value is -1.86. The average Bonchev–Trinajstić information content (AvgIpc) is 2.71. The quantitative estimate of drug-likeness (QED) is 0.408. The Morgan fingerprint density at radius 1 is 1.15 bits per heavy atom. The molecule has 0 aliphatic rings. The van der Waals surface area contributed by atoms with Crippen LogP contribution in [0.5, 0.6) is 0 Å². The summed E-state index contributed by atoms with van der Waals surface area (Å²) in [6.07, 6.45) is 0.369. The Kier molecular flexibility index (Phi) is 9.35. The number of ether oxygens (including phenoxy) is 1. The van der Waals surface area contributed by atoms with Gasteiger partial charge in [-0.15, -0.1) is 0 Å². The van der Waals surface area contributed by atoms with Crippen molar-refractivity contribution in [2.24, 2.45) is 0 Å². The number of rotatable bonds is 11. The number of amides is 1. The lowest BCUT2D eigenvalue weighted by Crippen LogP contribution is -2.37. The first-order chi connectivity index (χ1) is 13.1. The van der Waals surface area contributed by atoms with E-state index in [2.05, 4.69) is 35.8 Å². The van der Waals surface area contributed by atoms with Crippen molar-refractivity contribution in [1.29, 1.82) is 0 Å². The Balaban J connectivity index is 1.69. The number of carbonyl (C=O) groups is 1. The highest BCUT2D eigenvalue weighted by atomic mass is 32.2. The summed E-state index contributed by atoms with van der Waals surface area (Å²) in [5, 5.41) is 16.1.